The molecule has 0 amide bonds. The maximum absolute atomic E-state index is 12.0. The molecule has 0 unspecified atom stereocenters. The van der Waals surface area contributed by atoms with Gasteiger partial charge >= 0.3 is 5.97 Å². The Kier molecular flexibility index (Phi) is 4.44. The first kappa shape index (κ1) is 15.4. The van der Waals surface area contributed by atoms with E-state index in [2.05, 4.69) is 43.5 Å². The van der Waals surface area contributed by atoms with Gasteiger partial charge in [0.1, 0.15) is 0 Å². The molecule has 0 saturated carbocycles. The van der Waals surface area contributed by atoms with Crippen molar-refractivity contribution in [2.75, 3.05) is 0 Å². The summed E-state index contributed by atoms with van der Waals surface area (Å²) < 4.78 is 7.31. The molecule has 0 N–H and O–H groups in total. The lowest BCUT2D eigenvalue weighted by molar-refractivity contribution is -0.129. The zero-order chi connectivity index (χ0) is 15.7. The van der Waals surface area contributed by atoms with Gasteiger partial charge in [-0.15, -0.1) is 0 Å². The molecule has 1 aliphatic rings. The predicted octanol–water partition coefficient (Wildman–Crippen LogP) is 4.71. The number of carbonyl (C=O) groups excluding carboxylic acids is 1. The van der Waals surface area contributed by atoms with Crippen LogP contribution in [0.15, 0.2) is 57.6 Å². The molecule has 3 rings (SSSR count). The number of ether oxygens (including phenoxy) is 1. The minimum Gasteiger partial charge on any atom is -0.402 e. The Labute approximate surface area is 150 Å². The van der Waals surface area contributed by atoms with Gasteiger partial charge in [-0.25, -0.2) is 9.79 Å². The second-order valence-corrected chi connectivity index (χ2v) is 6.90. The first-order chi connectivity index (χ1) is 10.5. The monoisotopic (exact) mass is 467 g/mol. The average molecular weight is 468 g/mol. The fraction of sp³-hybridized carbons (Fsp3) is 0.0588. The quantitative estimate of drug-likeness (QED) is 0.364. The summed E-state index contributed by atoms with van der Waals surface area (Å²) in [5.41, 5.74) is 3.15. The van der Waals surface area contributed by atoms with Gasteiger partial charge in [0, 0.05) is 13.6 Å². The maximum Gasteiger partial charge on any atom is 0.363 e. The summed E-state index contributed by atoms with van der Waals surface area (Å²) in [4.78, 5) is 16.3. The Bertz CT molecular complexity index is 827. The summed E-state index contributed by atoms with van der Waals surface area (Å²) >= 11 is 5.69. The SMILES string of the molecule is Cc1cccc(/C=C2\N=C(c3ccc(I)c(Br)c3)OC2=O)c1. The van der Waals surface area contributed by atoms with Gasteiger partial charge in [-0.3, -0.25) is 0 Å². The van der Waals surface area contributed by atoms with E-state index in [0.717, 1.165) is 24.7 Å². The van der Waals surface area contributed by atoms with E-state index < -0.39 is 5.97 Å². The number of benzene rings is 2. The molecule has 110 valence electrons. The normalized spacial score (nSPS) is 15.9. The minimum atomic E-state index is -0.425. The zero-order valence-corrected chi connectivity index (χ0v) is 15.4. The van der Waals surface area contributed by atoms with Crippen molar-refractivity contribution in [2.45, 2.75) is 6.92 Å². The second-order valence-electron chi connectivity index (χ2n) is 4.88. The fourth-order valence-electron chi connectivity index (χ4n) is 2.08. The number of cyclic esters (lactones) is 1. The summed E-state index contributed by atoms with van der Waals surface area (Å²) in [7, 11) is 0. The smallest absolute Gasteiger partial charge is 0.363 e. The third-order valence-corrected chi connectivity index (χ3v) is 5.47. The number of carbonyl (C=O) groups is 1. The summed E-state index contributed by atoms with van der Waals surface area (Å²) in [6, 6.07) is 13.6. The molecule has 0 fully saturated rings. The van der Waals surface area contributed by atoms with Gasteiger partial charge in [-0.05, 0) is 75.3 Å². The standard InChI is InChI=1S/C17H11BrINO2/c1-10-3-2-4-11(7-10)8-15-17(21)22-16(20-15)12-5-6-14(19)13(18)9-12/h2-9H,1H3/b15-8-. The van der Waals surface area contributed by atoms with E-state index in [-0.39, 0.29) is 0 Å². The van der Waals surface area contributed by atoms with E-state index in [1.54, 1.807) is 6.08 Å². The van der Waals surface area contributed by atoms with E-state index in [4.69, 9.17) is 4.74 Å². The van der Waals surface area contributed by atoms with Gasteiger partial charge in [0.05, 0.1) is 0 Å². The Morgan fingerprint density at radius 3 is 2.77 bits per heavy atom. The number of halogens is 2. The third kappa shape index (κ3) is 3.30. The molecule has 0 aliphatic carbocycles. The molecular weight excluding hydrogens is 457 g/mol. The number of esters is 1. The molecule has 1 aliphatic heterocycles. The molecule has 22 heavy (non-hydrogen) atoms. The van der Waals surface area contributed by atoms with Crippen molar-refractivity contribution in [2.24, 2.45) is 4.99 Å². The highest BCUT2D eigenvalue weighted by Gasteiger charge is 2.24. The van der Waals surface area contributed by atoms with Crippen molar-refractivity contribution in [1.82, 2.24) is 0 Å². The highest BCUT2D eigenvalue weighted by atomic mass is 127. The lowest BCUT2D eigenvalue weighted by Crippen LogP contribution is -2.05. The van der Waals surface area contributed by atoms with Crippen LogP contribution in [-0.4, -0.2) is 11.9 Å². The Morgan fingerprint density at radius 2 is 2.05 bits per heavy atom. The second kappa shape index (κ2) is 6.34. The van der Waals surface area contributed by atoms with Gasteiger partial charge in [0.25, 0.3) is 0 Å². The average Bonchev–Trinajstić information content (AvgIpc) is 2.83. The van der Waals surface area contributed by atoms with Crippen molar-refractivity contribution in [1.29, 1.82) is 0 Å². The van der Waals surface area contributed by atoms with Gasteiger partial charge < -0.3 is 4.74 Å². The number of hydrogen-bond donors (Lipinski definition) is 0. The van der Waals surface area contributed by atoms with Crippen LogP contribution in [0.1, 0.15) is 16.7 Å². The van der Waals surface area contributed by atoms with Crippen molar-refractivity contribution >= 4 is 56.5 Å². The summed E-state index contributed by atoms with van der Waals surface area (Å²) in [6.45, 7) is 2.01. The number of hydrogen-bond acceptors (Lipinski definition) is 3. The van der Waals surface area contributed by atoms with Gasteiger partial charge in [-0.2, -0.15) is 0 Å². The highest BCUT2D eigenvalue weighted by molar-refractivity contribution is 14.1. The van der Waals surface area contributed by atoms with Gasteiger partial charge in [-0.1, -0.05) is 29.8 Å². The van der Waals surface area contributed by atoms with Crippen molar-refractivity contribution in [3.63, 3.8) is 0 Å². The van der Waals surface area contributed by atoms with Crippen molar-refractivity contribution < 1.29 is 9.53 Å². The Balaban J connectivity index is 1.96. The molecule has 0 spiro atoms. The molecule has 0 aromatic heterocycles. The Hall–Kier alpha value is -1.47. The summed E-state index contributed by atoms with van der Waals surface area (Å²) in [5, 5.41) is 0. The van der Waals surface area contributed by atoms with Crippen molar-refractivity contribution in [3.05, 3.63) is 72.9 Å². The number of aryl methyl sites for hydroxylation is 1. The van der Waals surface area contributed by atoms with Crippen LogP contribution in [0.3, 0.4) is 0 Å². The van der Waals surface area contributed by atoms with E-state index in [1.165, 1.54) is 0 Å². The van der Waals surface area contributed by atoms with Gasteiger partial charge in [0.15, 0.2) is 5.70 Å². The van der Waals surface area contributed by atoms with E-state index >= 15 is 0 Å². The van der Waals surface area contributed by atoms with E-state index in [0.29, 0.717) is 11.6 Å². The van der Waals surface area contributed by atoms with Crippen molar-refractivity contribution in [3.8, 4) is 0 Å². The molecule has 1 heterocycles. The van der Waals surface area contributed by atoms with Crippen LogP contribution in [0.4, 0.5) is 0 Å². The maximum atomic E-state index is 12.0. The molecule has 0 atom stereocenters. The largest absolute Gasteiger partial charge is 0.402 e. The number of aliphatic imine (C=N–C) groups is 1. The Morgan fingerprint density at radius 1 is 1.23 bits per heavy atom. The molecular formula is C17H11BrINO2. The highest BCUT2D eigenvalue weighted by Crippen LogP contribution is 2.24. The molecule has 0 saturated heterocycles. The molecule has 3 nitrogen and oxygen atoms in total. The first-order valence-corrected chi connectivity index (χ1v) is 8.45. The molecule has 2 aromatic rings. The van der Waals surface area contributed by atoms with Crippen LogP contribution in [0.2, 0.25) is 0 Å². The van der Waals surface area contributed by atoms with E-state index in [1.807, 2.05) is 49.4 Å². The van der Waals surface area contributed by atoms with Crippen LogP contribution < -0.4 is 0 Å². The predicted molar refractivity (Wildman–Crippen MR) is 98.6 cm³/mol. The number of rotatable bonds is 2. The van der Waals surface area contributed by atoms with E-state index in [9.17, 15) is 4.79 Å². The van der Waals surface area contributed by atoms with Crippen LogP contribution in [0.25, 0.3) is 6.08 Å². The molecule has 0 bridgehead atoms. The lowest BCUT2D eigenvalue weighted by Gasteiger charge is -2.01. The van der Waals surface area contributed by atoms with Crippen LogP contribution in [0.5, 0.6) is 0 Å². The molecule has 2 aromatic carbocycles. The minimum absolute atomic E-state index is 0.315. The van der Waals surface area contributed by atoms with Crippen LogP contribution in [0, 0.1) is 10.5 Å². The van der Waals surface area contributed by atoms with Crippen LogP contribution >= 0.6 is 38.5 Å². The lowest BCUT2D eigenvalue weighted by atomic mass is 10.1. The summed E-state index contributed by atoms with van der Waals surface area (Å²) in [5.74, 6) is -0.0906. The summed E-state index contributed by atoms with van der Waals surface area (Å²) in [6.07, 6.45) is 1.74. The fourth-order valence-corrected chi connectivity index (χ4v) is 2.79. The number of nitrogens with zero attached hydrogens (tertiary/aromatic N) is 1. The zero-order valence-electron chi connectivity index (χ0n) is 11.6. The topological polar surface area (TPSA) is 38.7 Å². The van der Waals surface area contributed by atoms with Gasteiger partial charge in [0.2, 0.25) is 5.90 Å². The molecule has 5 heteroatoms. The molecule has 0 radical (unpaired) electrons. The third-order valence-electron chi connectivity index (χ3n) is 3.13. The van der Waals surface area contributed by atoms with Crippen LogP contribution in [-0.2, 0) is 9.53 Å². The first-order valence-electron chi connectivity index (χ1n) is 6.57.